The third kappa shape index (κ3) is 2.43. The molecule has 4 nitrogen and oxygen atoms in total. The molecule has 5 heteroatoms. The van der Waals surface area contributed by atoms with Crippen molar-refractivity contribution in [2.24, 2.45) is 0 Å². The highest BCUT2D eigenvalue weighted by atomic mass is 35.5. The van der Waals surface area contributed by atoms with Crippen LogP contribution >= 0.6 is 11.6 Å². The molecule has 1 aromatic heterocycles. The van der Waals surface area contributed by atoms with Gasteiger partial charge in [0.1, 0.15) is 12.4 Å². The van der Waals surface area contributed by atoms with Gasteiger partial charge in [-0.15, -0.1) is 0 Å². The summed E-state index contributed by atoms with van der Waals surface area (Å²) in [7, 11) is 1.62. The Morgan fingerprint density at radius 2 is 2.29 bits per heavy atom. The Morgan fingerprint density at radius 3 is 3.00 bits per heavy atom. The van der Waals surface area contributed by atoms with Crippen LogP contribution in [0.4, 0.5) is 0 Å². The second-order valence-electron chi connectivity index (χ2n) is 3.48. The molecule has 1 heterocycles. The highest BCUT2D eigenvalue weighted by molar-refractivity contribution is 6.32. The Hall–Kier alpha value is -1.52. The summed E-state index contributed by atoms with van der Waals surface area (Å²) in [6.07, 6.45) is 1.68. The van der Waals surface area contributed by atoms with Crippen LogP contribution in [-0.2, 0) is 4.74 Å². The van der Waals surface area contributed by atoms with Gasteiger partial charge in [0.05, 0.1) is 22.8 Å². The van der Waals surface area contributed by atoms with Gasteiger partial charge in [0, 0.05) is 18.6 Å². The van der Waals surface area contributed by atoms with Crippen LogP contribution < -0.4 is 4.74 Å². The van der Waals surface area contributed by atoms with Crippen molar-refractivity contribution in [1.82, 2.24) is 10.2 Å². The molecule has 0 aliphatic heterocycles. The molecule has 17 heavy (non-hydrogen) atoms. The van der Waals surface area contributed by atoms with Gasteiger partial charge in [-0.05, 0) is 12.1 Å². The van der Waals surface area contributed by atoms with E-state index in [1.54, 1.807) is 13.2 Å². The maximum Gasteiger partial charge on any atom is 0.140 e. The molecule has 0 saturated carbocycles. The van der Waals surface area contributed by atoms with E-state index in [2.05, 4.69) is 16.8 Å². The molecule has 0 fully saturated rings. The number of aromatic nitrogens is 2. The first-order chi connectivity index (χ1) is 8.26. The Bertz CT molecular complexity index is 537. The number of hydrogen-bond donors (Lipinski definition) is 1. The second kappa shape index (κ2) is 5.21. The van der Waals surface area contributed by atoms with Crippen LogP contribution in [0.2, 0.25) is 5.02 Å². The van der Waals surface area contributed by atoms with E-state index in [1.165, 1.54) is 0 Å². The minimum absolute atomic E-state index is 0.462. The zero-order valence-electron chi connectivity index (χ0n) is 9.50. The maximum absolute atomic E-state index is 6.13. The lowest BCUT2D eigenvalue weighted by Crippen LogP contribution is -2.04. The number of rotatable bonds is 5. The molecular formula is C12H13ClN2O2. The van der Waals surface area contributed by atoms with Gasteiger partial charge in [-0.1, -0.05) is 18.2 Å². The van der Waals surface area contributed by atoms with E-state index in [1.807, 2.05) is 12.1 Å². The molecule has 0 aliphatic rings. The standard InChI is InChI=1S/C12H13ClN2O2/c1-3-10-8-6-9(13)12(17-5-4-16-2)7-11(8)15-14-10/h3,6-7H,1,4-5H2,2H3,(H,14,15). The van der Waals surface area contributed by atoms with Gasteiger partial charge in [0.25, 0.3) is 0 Å². The number of hydrogen-bond acceptors (Lipinski definition) is 3. The van der Waals surface area contributed by atoms with Crippen LogP contribution in [0.25, 0.3) is 17.0 Å². The molecule has 2 aromatic rings. The minimum Gasteiger partial charge on any atom is -0.490 e. The molecule has 0 aliphatic carbocycles. The van der Waals surface area contributed by atoms with Gasteiger partial charge in [0.15, 0.2) is 0 Å². The summed E-state index contributed by atoms with van der Waals surface area (Å²) in [6, 6.07) is 3.65. The molecule has 1 aromatic carbocycles. The molecule has 0 amide bonds. The summed E-state index contributed by atoms with van der Waals surface area (Å²) in [6.45, 7) is 4.68. The number of ether oxygens (including phenoxy) is 2. The lowest BCUT2D eigenvalue weighted by Gasteiger charge is -2.07. The zero-order valence-corrected chi connectivity index (χ0v) is 10.3. The SMILES string of the molecule is C=Cc1n[nH]c2cc(OCCOC)c(Cl)cc12. The number of nitrogens with zero attached hydrogens (tertiary/aromatic N) is 1. The normalized spacial score (nSPS) is 10.7. The molecule has 0 unspecified atom stereocenters. The van der Waals surface area contributed by atoms with Crippen LogP contribution in [0.5, 0.6) is 5.75 Å². The van der Waals surface area contributed by atoms with Gasteiger partial charge in [0.2, 0.25) is 0 Å². The highest BCUT2D eigenvalue weighted by Gasteiger charge is 2.08. The minimum atomic E-state index is 0.462. The Labute approximate surface area is 104 Å². The van der Waals surface area contributed by atoms with Crippen molar-refractivity contribution in [3.8, 4) is 5.75 Å². The lowest BCUT2D eigenvalue weighted by atomic mass is 10.2. The van der Waals surface area contributed by atoms with Gasteiger partial charge >= 0.3 is 0 Å². The van der Waals surface area contributed by atoms with Gasteiger partial charge in [-0.2, -0.15) is 5.10 Å². The van der Waals surface area contributed by atoms with Gasteiger partial charge in [-0.25, -0.2) is 0 Å². The summed E-state index contributed by atoms with van der Waals surface area (Å²) in [5.41, 5.74) is 1.65. The van der Waals surface area contributed by atoms with Crippen molar-refractivity contribution in [1.29, 1.82) is 0 Å². The van der Waals surface area contributed by atoms with Crippen LogP contribution in [-0.4, -0.2) is 30.5 Å². The molecule has 1 N–H and O–H groups in total. The number of nitrogens with one attached hydrogen (secondary N) is 1. The third-order valence-electron chi connectivity index (χ3n) is 2.38. The third-order valence-corrected chi connectivity index (χ3v) is 2.68. The van der Waals surface area contributed by atoms with Crippen LogP contribution in [0.1, 0.15) is 5.69 Å². The topological polar surface area (TPSA) is 47.1 Å². The van der Waals surface area contributed by atoms with Crippen molar-refractivity contribution in [2.75, 3.05) is 20.3 Å². The summed E-state index contributed by atoms with van der Waals surface area (Å²) in [4.78, 5) is 0. The van der Waals surface area contributed by atoms with Crippen molar-refractivity contribution in [2.45, 2.75) is 0 Å². The van der Waals surface area contributed by atoms with E-state index in [-0.39, 0.29) is 0 Å². The van der Waals surface area contributed by atoms with E-state index in [9.17, 15) is 0 Å². The molecule has 0 atom stereocenters. The van der Waals surface area contributed by atoms with E-state index in [0.717, 1.165) is 16.6 Å². The Balaban J connectivity index is 2.32. The molecular weight excluding hydrogens is 240 g/mol. The number of fused-ring (bicyclic) bond motifs is 1. The van der Waals surface area contributed by atoms with Crippen LogP contribution in [0.3, 0.4) is 0 Å². The maximum atomic E-state index is 6.13. The van der Waals surface area contributed by atoms with Gasteiger partial charge < -0.3 is 9.47 Å². The van der Waals surface area contributed by atoms with Crippen molar-refractivity contribution in [3.63, 3.8) is 0 Å². The van der Waals surface area contributed by atoms with Gasteiger partial charge in [-0.3, -0.25) is 5.10 Å². The van der Waals surface area contributed by atoms with Crippen molar-refractivity contribution in [3.05, 3.63) is 29.4 Å². The number of halogens is 1. The monoisotopic (exact) mass is 252 g/mol. The fourth-order valence-electron chi connectivity index (χ4n) is 1.54. The Morgan fingerprint density at radius 1 is 1.47 bits per heavy atom. The van der Waals surface area contributed by atoms with Crippen molar-refractivity contribution < 1.29 is 9.47 Å². The largest absolute Gasteiger partial charge is 0.490 e. The lowest BCUT2D eigenvalue weighted by molar-refractivity contribution is 0.146. The predicted octanol–water partition coefficient (Wildman–Crippen LogP) is 2.88. The summed E-state index contributed by atoms with van der Waals surface area (Å²) < 4.78 is 10.4. The van der Waals surface area contributed by atoms with E-state index in [0.29, 0.717) is 24.0 Å². The molecule has 90 valence electrons. The smallest absolute Gasteiger partial charge is 0.140 e. The Kier molecular flexibility index (Phi) is 3.66. The average Bonchev–Trinajstić information content (AvgIpc) is 2.71. The average molecular weight is 253 g/mol. The quantitative estimate of drug-likeness (QED) is 0.833. The van der Waals surface area contributed by atoms with E-state index >= 15 is 0 Å². The molecule has 0 spiro atoms. The first-order valence-electron chi connectivity index (χ1n) is 5.18. The fourth-order valence-corrected chi connectivity index (χ4v) is 1.76. The highest BCUT2D eigenvalue weighted by Crippen LogP contribution is 2.30. The van der Waals surface area contributed by atoms with Crippen LogP contribution in [0.15, 0.2) is 18.7 Å². The first-order valence-corrected chi connectivity index (χ1v) is 5.56. The summed E-state index contributed by atoms with van der Waals surface area (Å²) in [5, 5.41) is 8.50. The number of methoxy groups -OCH3 is 1. The summed E-state index contributed by atoms with van der Waals surface area (Å²) >= 11 is 6.13. The van der Waals surface area contributed by atoms with Crippen molar-refractivity contribution >= 4 is 28.6 Å². The first kappa shape index (κ1) is 12.0. The molecule has 0 radical (unpaired) electrons. The second-order valence-corrected chi connectivity index (χ2v) is 3.89. The fraction of sp³-hybridized carbons (Fsp3) is 0.250. The number of H-pyrrole nitrogens is 1. The number of aromatic amines is 1. The van der Waals surface area contributed by atoms with E-state index < -0.39 is 0 Å². The molecule has 0 bridgehead atoms. The molecule has 0 saturated heterocycles. The summed E-state index contributed by atoms with van der Waals surface area (Å²) in [5.74, 6) is 0.621. The number of benzene rings is 1. The van der Waals surface area contributed by atoms with Crippen LogP contribution in [0, 0.1) is 0 Å². The molecule has 2 rings (SSSR count). The zero-order chi connectivity index (χ0) is 12.3. The predicted molar refractivity (Wildman–Crippen MR) is 68.6 cm³/mol. The van der Waals surface area contributed by atoms with E-state index in [4.69, 9.17) is 21.1 Å².